The van der Waals surface area contributed by atoms with E-state index in [2.05, 4.69) is 43.1 Å². The zero-order valence-corrected chi connectivity index (χ0v) is 12.2. The highest BCUT2D eigenvalue weighted by molar-refractivity contribution is 4.79. The van der Waals surface area contributed by atoms with E-state index < -0.39 is 0 Å². The van der Waals surface area contributed by atoms with Crippen molar-refractivity contribution in [2.24, 2.45) is 5.92 Å². The Kier molecular flexibility index (Phi) is 7.09. The molecule has 1 atom stereocenters. The molecule has 0 aromatic heterocycles. The first-order valence-electron chi connectivity index (χ1n) is 7.24. The third kappa shape index (κ3) is 5.84. The van der Waals surface area contributed by atoms with Crippen LogP contribution in [0.4, 0.5) is 0 Å². The van der Waals surface area contributed by atoms with E-state index in [1.54, 1.807) is 0 Å². The van der Waals surface area contributed by atoms with E-state index >= 15 is 0 Å². The van der Waals surface area contributed by atoms with Crippen LogP contribution in [-0.4, -0.2) is 62.7 Å². The average Bonchev–Trinajstić information content (AvgIpc) is 2.34. The molecule has 1 N–H and O–H groups in total. The normalized spacial score (nSPS) is 21.0. The van der Waals surface area contributed by atoms with Crippen LogP contribution in [-0.2, 0) is 0 Å². The SMILES string of the molecule is CCN1CCC(C(C)NCCCN(C)C)CC1. The molecule has 1 aliphatic heterocycles. The molecular weight excluding hydrogens is 210 g/mol. The second-order valence-corrected chi connectivity index (χ2v) is 5.67. The lowest BCUT2D eigenvalue weighted by Gasteiger charge is -2.34. The summed E-state index contributed by atoms with van der Waals surface area (Å²) >= 11 is 0. The Labute approximate surface area is 108 Å². The van der Waals surface area contributed by atoms with Gasteiger partial charge in [0.1, 0.15) is 0 Å². The minimum Gasteiger partial charge on any atom is -0.314 e. The second kappa shape index (κ2) is 8.06. The minimum atomic E-state index is 0.691. The number of hydrogen-bond donors (Lipinski definition) is 1. The van der Waals surface area contributed by atoms with Crippen molar-refractivity contribution in [3.8, 4) is 0 Å². The van der Waals surface area contributed by atoms with Gasteiger partial charge in [-0.3, -0.25) is 0 Å². The van der Waals surface area contributed by atoms with Gasteiger partial charge in [-0.2, -0.15) is 0 Å². The molecule has 1 aliphatic rings. The lowest BCUT2D eigenvalue weighted by Crippen LogP contribution is -2.42. The van der Waals surface area contributed by atoms with E-state index in [0.29, 0.717) is 6.04 Å². The number of rotatable bonds is 7. The molecule has 102 valence electrons. The van der Waals surface area contributed by atoms with Gasteiger partial charge in [-0.05, 0) is 78.9 Å². The molecule has 1 saturated heterocycles. The first-order chi connectivity index (χ1) is 8.13. The van der Waals surface area contributed by atoms with E-state index in [-0.39, 0.29) is 0 Å². The lowest BCUT2D eigenvalue weighted by atomic mass is 9.90. The number of nitrogens with zero attached hydrogens (tertiary/aromatic N) is 2. The summed E-state index contributed by atoms with van der Waals surface area (Å²) in [5, 5.41) is 3.70. The molecule has 0 spiro atoms. The van der Waals surface area contributed by atoms with Crippen LogP contribution in [0, 0.1) is 5.92 Å². The van der Waals surface area contributed by atoms with Crippen LogP contribution in [0.2, 0.25) is 0 Å². The topological polar surface area (TPSA) is 18.5 Å². The van der Waals surface area contributed by atoms with Crippen LogP contribution in [0.5, 0.6) is 0 Å². The quantitative estimate of drug-likeness (QED) is 0.684. The number of likely N-dealkylation sites (tertiary alicyclic amines) is 1. The van der Waals surface area contributed by atoms with E-state index in [4.69, 9.17) is 0 Å². The van der Waals surface area contributed by atoms with Crippen molar-refractivity contribution >= 4 is 0 Å². The van der Waals surface area contributed by atoms with Crippen molar-refractivity contribution in [2.45, 2.75) is 39.2 Å². The van der Waals surface area contributed by atoms with Gasteiger partial charge in [0.05, 0.1) is 0 Å². The Morgan fingerprint density at radius 3 is 2.47 bits per heavy atom. The van der Waals surface area contributed by atoms with Crippen LogP contribution < -0.4 is 5.32 Å². The van der Waals surface area contributed by atoms with Crippen molar-refractivity contribution < 1.29 is 0 Å². The molecule has 0 bridgehead atoms. The van der Waals surface area contributed by atoms with Crippen LogP contribution in [0.25, 0.3) is 0 Å². The van der Waals surface area contributed by atoms with Crippen molar-refractivity contribution in [2.75, 3.05) is 46.8 Å². The summed E-state index contributed by atoms with van der Waals surface area (Å²) in [5.41, 5.74) is 0. The Morgan fingerprint density at radius 1 is 1.29 bits per heavy atom. The zero-order chi connectivity index (χ0) is 12.7. The number of nitrogens with one attached hydrogen (secondary N) is 1. The van der Waals surface area contributed by atoms with Gasteiger partial charge < -0.3 is 15.1 Å². The van der Waals surface area contributed by atoms with Gasteiger partial charge in [0, 0.05) is 6.04 Å². The molecule has 0 radical (unpaired) electrons. The van der Waals surface area contributed by atoms with Crippen molar-refractivity contribution in [1.82, 2.24) is 15.1 Å². The summed E-state index contributed by atoms with van der Waals surface area (Å²) in [6, 6.07) is 0.691. The molecule has 1 rings (SSSR count). The predicted molar refractivity (Wildman–Crippen MR) is 75.5 cm³/mol. The number of hydrogen-bond acceptors (Lipinski definition) is 3. The summed E-state index contributed by atoms with van der Waals surface area (Å²) in [5.74, 6) is 0.886. The fourth-order valence-corrected chi connectivity index (χ4v) is 2.66. The minimum absolute atomic E-state index is 0.691. The molecule has 1 fully saturated rings. The smallest absolute Gasteiger partial charge is 0.00679 e. The van der Waals surface area contributed by atoms with E-state index in [1.807, 2.05) is 0 Å². The standard InChI is InChI=1S/C14H31N3/c1-5-17-11-7-14(8-12-17)13(2)15-9-6-10-16(3)4/h13-15H,5-12H2,1-4H3. The molecule has 0 aliphatic carbocycles. The third-order valence-electron chi connectivity index (χ3n) is 4.03. The van der Waals surface area contributed by atoms with Gasteiger partial charge >= 0.3 is 0 Å². The highest BCUT2D eigenvalue weighted by Gasteiger charge is 2.22. The van der Waals surface area contributed by atoms with Crippen molar-refractivity contribution in [3.63, 3.8) is 0 Å². The average molecular weight is 241 g/mol. The molecular formula is C14H31N3. The van der Waals surface area contributed by atoms with E-state index in [0.717, 1.165) is 12.5 Å². The molecule has 0 aromatic carbocycles. The first-order valence-corrected chi connectivity index (χ1v) is 7.24. The lowest BCUT2D eigenvalue weighted by molar-refractivity contribution is 0.168. The van der Waals surface area contributed by atoms with Crippen LogP contribution in [0.3, 0.4) is 0 Å². The summed E-state index contributed by atoms with van der Waals surface area (Å²) in [6.07, 6.45) is 4.00. The Bertz CT molecular complexity index is 186. The maximum absolute atomic E-state index is 3.70. The first kappa shape index (κ1) is 14.9. The fourth-order valence-electron chi connectivity index (χ4n) is 2.66. The highest BCUT2D eigenvalue weighted by Crippen LogP contribution is 2.20. The van der Waals surface area contributed by atoms with E-state index in [9.17, 15) is 0 Å². The van der Waals surface area contributed by atoms with Crippen molar-refractivity contribution in [1.29, 1.82) is 0 Å². The molecule has 0 saturated carbocycles. The highest BCUT2D eigenvalue weighted by atomic mass is 15.1. The summed E-state index contributed by atoms with van der Waals surface area (Å²) < 4.78 is 0. The van der Waals surface area contributed by atoms with E-state index in [1.165, 1.54) is 45.4 Å². The third-order valence-corrected chi connectivity index (χ3v) is 4.03. The van der Waals surface area contributed by atoms with Gasteiger partial charge in [0.15, 0.2) is 0 Å². The van der Waals surface area contributed by atoms with Crippen LogP contribution >= 0.6 is 0 Å². The Balaban J connectivity index is 2.09. The fraction of sp³-hybridized carbons (Fsp3) is 1.00. The molecule has 3 heteroatoms. The molecule has 1 heterocycles. The summed E-state index contributed by atoms with van der Waals surface area (Å²) in [6.45, 7) is 10.8. The van der Waals surface area contributed by atoms with Gasteiger partial charge in [-0.1, -0.05) is 6.92 Å². The maximum Gasteiger partial charge on any atom is 0.00679 e. The number of piperidine rings is 1. The summed E-state index contributed by atoms with van der Waals surface area (Å²) in [7, 11) is 4.29. The Hall–Kier alpha value is -0.120. The molecule has 17 heavy (non-hydrogen) atoms. The van der Waals surface area contributed by atoms with Gasteiger partial charge in [-0.25, -0.2) is 0 Å². The van der Waals surface area contributed by atoms with Crippen molar-refractivity contribution in [3.05, 3.63) is 0 Å². The van der Waals surface area contributed by atoms with Gasteiger partial charge in [-0.15, -0.1) is 0 Å². The maximum atomic E-state index is 3.70. The molecule has 1 unspecified atom stereocenters. The monoisotopic (exact) mass is 241 g/mol. The zero-order valence-electron chi connectivity index (χ0n) is 12.2. The second-order valence-electron chi connectivity index (χ2n) is 5.67. The molecule has 0 aromatic rings. The van der Waals surface area contributed by atoms with Gasteiger partial charge in [0.25, 0.3) is 0 Å². The predicted octanol–water partition coefficient (Wildman–Crippen LogP) is 1.65. The van der Waals surface area contributed by atoms with Crippen LogP contribution in [0.1, 0.15) is 33.1 Å². The van der Waals surface area contributed by atoms with Crippen LogP contribution in [0.15, 0.2) is 0 Å². The Morgan fingerprint density at radius 2 is 1.94 bits per heavy atom. The summed E-state index contributed by atoms with van der Waals surface area (Å²) in [4.78, 5) is 4.82. The van der Waals surface area contributed by atoms with Gasteiger partial charge in [0.2, 0.25) is 0 Å². The largest absolute Gasteiger partial charge is 0.314 e. The molecule has 3 nitrogen and oxygen atoms in total. The molecule has 0 amide bonds.